The zero-order chi connectivity index (χ0) is 16.4. The number of nitrogens with zero attached hydrogens (tertiary/aromatic N) is 2. The standard InChI is InChI=1S/C19H18N2OS/c1-4-12-23-19-20-16-11-6-5-10-15(16)18(22)21(19)17-13(2)8-7-9-14(17)3/h4-11H,1,12H2,2-3H3. The molecule has 0 spiro atoms. The first-order valence-corrected chi connectivity index (χ1v) is 8.44. The van der Waals surface area contributed by atoms with Crippen molar-refractivity contribution in [2.45, 2.75) is 19.0 Å². The number of hydrogen-bond donors (Lipinski definition) is 0. The molecule has 3 aromatic rings. The van der Waals surface area contributed by atoms with Crippen molar-refractivity contribution < 1.29 is 0 Å². The molecule has 0 N–H and O–H groups in total. The van der Waals surface area contributed by atoms with E-state index in [1.54, 1.807) is 4.57 Å². The van der Waals surface area contributed by atoms with Gasteiger partial charge in [-0.05, 0) is 37.1 Å². The predicted molar refractivity (Wildman–Crippen MR) is 97.7 cm³/mol. The summed E-state index contributed by atoms with van der Waals surface area (Å²) in [7, 11) is 0. The molecule has 0 atom stereocenters. The lowest BCUT2D eigenvalue weighted by molar-refractivity contribution is 0.810. The van der Waals surface area contributed by atoms with Crippen molar-refractivity contribution in [1.29, 1.82) is 0 Å². The second-order valence-corrected chi connectivity index (χ2v) is 6.38. The molecule has 0 unspecified atom stereocenters. The Bertz CT molecular complexity index is 923. The van der Waals surface area contributed by atoms with Gasteiger partial charge in [-0.2, -0.15) is 0 Å². The molecule has 1 heterocycles. The van der Waals surface area contributed by atoms with Crippen molar-refractivity contribution in [2.75, 3.05) is 5.75 Å². The van der Waals surface area contributed by atoms with Crippen molar-refractivity contribution in [3.05, 3.63) is 76.6 Å². The van der Waals surface area contributed by atoms with Gasteiger partial charge in [0.15, 0.2) is 5.16 Å². The lowest BCUT2D eigenvalue weighted by Crippen LogP contribution is -2.23. The molecule has 0 radical (unpaired) electrons. The van der Waals surface area contributed by atoms with Crippen LogP contribution in [0, 0.1) is 13.8 Å². The second kappa shape index (κ2) is 6.42. The highest BCUT2D eigenvalue weighted by Gasteiger charge is 2.15. The van der Waals surface area contributed by atoms with E-state index in [2.05, 4.69) is 6.58 Å². The maximum absolute atomic E-state index is 13.1. The fourth-order valence-corrected chi connectivity index (χ4v) is 3.43. The Labute approximate surface area is 139 Å². The zero-order valence-electron chi connectivity index (χ0n) is 13.2. The van der Waals surface area contributed by atoms with E-state index in [1.807, 2.05) is 62.4 Å². The third-order valence-electron chi connectivity index (χ3n) is 3.74. The maximum Gasteiger partial charge on any atom is 0.266 e. The highest BCUT2D eigenvalue weighted by Crippen LogP contribution is 2.25. The first-order valence-electron chi connectivity index (χ1n) is 7.45. The first kappa shape index (κ1) is 15.6. The minimum Gasteiger partial charge on any atom is -0.268 e. The molecule has 2 aromatic carbocycles. The fraction of sp³-hybridized carbons (Fsp3) is 0.158. The Kier molecular flexibility index (Phi) is 4.35. The van der Waals surface area contributed by atoms with Gasteiger partial charge >= 0.3 is 0 Å². The van der Waals surface area contributed by atoms with Crippen LogP contribution in [-0.4, -0.2) is 15.3 Å². The van der Waals surface area contributed by atoms with E-state index in [1.165, 1.54) is 11.8 Å². The number of rotatable bonds is 4. The van der Waals surface area contributed by atoms with Gasteiger partial charge in [0, 0.05) is 5.75 Å². The Morgan fingerprint density at radius 1 is 1.13 bits per heavy atom. The molecule has 1 aromatic heterocycles. The van der Waals surface area contributed by atoms with E-state index in [0.717, 1.165) is 22.3 Å². The lowest BCUT2D eigenvalue weighted by Gasteiger charge is -2.16. The van der Waals surface area contributed by atoms with Crippen LogP contribution in [0.15, 0.2) is 65.1 Å². The van der Waals surface area contributed by atoms with Crippen LogP contribution in [-0.2, 0) is 0 Å². The molecule has 0 aliphatic rings. The van der Waals surface area contributed by atoms with Gasteiger partial charge in [0.25, 0.3) is 5.56 Å². The van der Waals surface area contributed by atoms with Gasteiger partial charge in [-0.3, -0.25) is 9.36 Å². The summed E-state index contributed by atoms with van der Waals surface area (Å²) in [5.74, 6) is 0.704. The molecule has 116 valence electrons. The third kappa shape index (κ3) is 2.82. The van der Waals surface area contributed by atoms with Crippen molar-refractivity contribution >= 4 is 22.7 Å². The van der Waals surface area contributed by atoms with Crippen LogP contribution in [0.3, 0.4) is 0 Å². The van der Waals surface area contributed by atoms with E-state index in [4.69, 9.17) is 4.98 Å². The van der Waals surface area contributed by atoms with E-state index in [-0.39, 0.29) is 5.56 Å². The van der Waals surface area contributed by atoms with Crippen LogP contribution in [0.5, 0.6) is 0 Å². The van der Waals surface area contributed by atoms with Gasteiger partial charge in [-0.15, -0.1) is 6.58 Å². The van der Waals surface area contributed by atoms with Gasteiger partial charge in [-0.1, -0.05) is 48.2 Å². The highest BCUT2D eigenvalue weighted by atomic mass is 32.2. The Balaban J connectivity index is 2.39. The summed E-state index contributed by atoms with van der Waals surface area (Å²) in [5.41, 5.74) is 3.74. The molecule has 0 aliphatic carbocycles. The summed E-state index contributed by atoms with van der Waals surface area (Å²) in [5, 5.41) is 1.34. The second-order valence-electron chi connectivity index (χ2n) is 5.39. The molecule has 4 heteroatoms. The highest BCUT2D eigenvalue weighted by molar-refractivity contribution is 7.99. The zero-order valence-corrected chi connectivity index (χ0v) is 14.1. The fourth-order valence-electron chi connectivity index (χ4n) is 2.70. The van der Waals surface area contributed by atoms with E-state index in [9.17, 15) is 4.79 Å². The van der Waals surface area contributed by atoms with E-state index in [0.29, 0.717) is 16.3 Å². The minimum atomic E-state index is -0.0282. The molecule has 0 saturated heterocycles. The number of hydrogen-bond acceptors (Lipinski definition) is 3. The topological polar surface area (TPSA) is 34.9 Å². The number of aromatic nitrogens is 2. The molecule has 0 saturated carbocycles. The molecule has 3 nitrogen and oxygen atoms in total. The summed E-state index contributed by atoms with van der Waals surface area (Å²) in [4.78, 5) is 17.8. The van der Waals surface area contributed by atoms with Crippen molar-refractivity contribution in [2.24, 2.45) is 0 Å². The normalized spacial score (nSPS) is 10.9. The number of aryl methyl sites for hydroxylation is 2. The largest absolute Gasteiger partial charge is 0.268 e. The van der Waals surface area contributed by atoms with E-state index < -0.39 is 0 Å². The molecule has 23 heavy (non-hydrogen) atoms. The van der Waals surface area contributed by atoms with Crippen LogP contribution in [0.2, 0.25) is 0 Å². The summed E-state index contributed by atoms with van der Waals surface area (Å²) in [6.07, 6.45) is 1.82. The molecule has 0 bridgehead atoms. The third-order valence-corrected chi connectivity index (χ3v) is 4.67. The smallest absolute Gasteiger partial charge is 0.266 e. The van der Waals surface area contributed by atoms with Crippen molar-refractivity contribution in [3.8, 4) is 5.69 Å². The molecule has 0 fully saturated rings. The number of benzene rings is 2. The quantitative estimate of drug-likeness (QED) is 0.408. The van der Waals surface area contributed by atoms with Crippen LogP contribution in [0.4, 0.5) is 0 Å². The summed E-state index contributed by atoms with van der Waals surface area (Å²) in [6.45, 7) is 7.80. The Morgan fingerprint density at radius 2 is 1.83 bits per heavy atom. The molecule has 0 aliphatic heterocycles. The van der Waals surface area contributed by atoms with Gasteiger partial charge < -0.3 is 0 Å². The van der Waals surface area contributed by atoms with Crippen LogP contribution < -0.4 is 5.56 Å². The van der Waals surface area contributed by atoms with Gasteiger partial charge in [0.05, 0.1) is 16.6 Å². The predicted octanol–water partition coefficient (Wildman–Crippen LogP) is 4.28. The Hall–Kier alpha value is -2.33. The SMILES string of the molecule is C=CCSc1nc2ccccc2c(=O)n1-c1c(C)cccc1C. The van der Waals surface area contributed by atoms with Crippen LogP contribution in [0.1, 0.15) is 11.1 Å². The monoisotopic (exact) mass is 322 g/mol. The lowest BCUT2D eigenvalue weighted by atomic mass is 10.1. The molecular weight excluding hydrogens is 304 g/mol. The van der Waals surface area contributed by atoms with Crippen molar-refractivity contribution in [3.63, 3.8) is 0 Å². The number of thioether (sulfide) groups is 1. The summed E-state index contributed by atoms with van der Waals surface area (Å²) >= 11 is 1.52. The van der Waals surface area contributed by atoms with Gasteiger partial charge in [-0.25, -0.2) is 4.98 Å². The van der Waals surface area contributed by atoms with Crippen molar-refractivity contribution in [1.82, 2.24) is 9.55 Å². The minimum absolute atomic E-state index is 0.0282. The number of fused-ring (bicyclic) bond motifs is 1. The number of para-hydroxylation sites is 2. The average molecular weight is 322 g/mol. The van der Waals surface area contributed by atoms with Gasteiger partial charge in [0.2, 0.25) is 0 Å². The summed E-state index contributed by atoms with van der Waals surface area (Å²) < 4.78 is 1.74. The molecule has 0 amide bonds. The molecule has 3 rings (SSSR count). The summed E-state index contributed by atoms with van der Waals surface area (Å²) in [6, 6.07) is 13.5. The molecular formula is C19H18N2OS. The van der Waals surface area contributed by atoms with Crippen LogP contribution >= 0.6 is 11.8 Å². The van der Waals surface area contributed by atoms with E-state index >= 15 is 0 Å². The first-order chi connectivity index (χ1) is 11.1. The Morgan fingerprint density at radius 3 is 2.52 bits per heavy atom. The average Bonchev–Trinajstić information content (AvgIpc) is 2.55. The van der Waals surface area contributed by atoms with Crippen LogP contribution in [0.25, 0.3) is 16.6 Å². The maximum atomic E-state index is 13.1. The van der Waals surface area contributed by atoms with Gasteiger partial charge in [0.1, 0.15) is 0 Å².